The van der Waals surface area contributed by atoms with Gasteiger partial charge in [-0.1, -0.05) is 88.1 Å². The van der Waals surface area contributed by atoms with Crippen LogP contribution in [-0.2, 0) is 30.7 Å². The van der Waals surface area contributed by atoms with Crippen molar-refractivity contribution in [2.45, 2.75) is 60.8 Å². The quantitative estimate of drug-likeness (QED) is 0.249. The van der Waals surface area contributed by atoms with Gasteiger partial charge in [0, 0.05) is 0 Å². The zero-order chi connectivity index (χ0) is 29.4. The molecular formula is C40H42Cl2Zr-2. The molecule has 4 aromatic rings. The molecule has 0 bridgehead atoms. The van der Waals surface area contributed by atoms with Gasteiger partial charge in [-0.05, 0) is 18.9 Å². The van der Waals surface area contributed by atoms with Crippen molar-refractivity contribution in [1.82, 2.24) is 0 Å². The molecule has 0 fully saturated rings. The van der Waals surface area contributed by atoms with Gasteiger partial charge in [-0.25, -0.2) is 6.08 Å². The first-order valence-electron chi connectivity index (χ1n) is 14.8. The molecule has 0 saturated heterocycles. The molecule has 2 aliphatic rings. The van der Waals surface area contributed by atoms with Crippen molar-refractivity contribution in [3.05, 3.63) is 154 Å². The fraction of sp³-hybridized carbons (Fsp3) is 0.275. The van der Waals surface area contributed by atoms with Gasteiger partial charge in [-0.2, -0.15) is 35.4 Å². The van der Waals surface area contributed by atoms with Gasteiger partial charge < -0.3 is 24.8 Å². The summed E-state index contributed by atoms with van der Waals surface area (Å²) in [7, 11) is 0. The molecule has 0 N–H and O–H groups in total. The van der Waals surface area contributed by atoms with Crippen LogP contribution in [0.2, 0.25) is 0 Å². The summed E-state index contributed by atoms with van der Waals surface area (Å²) in [6.45, 7) is 13.2. The normalized spacial score (nSPS) is 14.0. The van der Waals surface area contributed by atoms with Crippen molar-refractivity contribution in [2.24, 2.45) is 11.3 Å². The first-order valence-corrected chi connectivity index (χ1v) is 16.0. The van der Waals surface area contributed by atoms with E-state index in [1.54, 1.807) is 0 Å². The van der Waals surface area contributed by atoms with E-state index < -0.39 is 0 Å². The molecular weight excluding hydrogens is 643 g/mol. The molecule has 1 unspecified atom stereocenters. The predicted octanol–water partition coefficient (Wildman–Crippen LogP) is 4.23. The van der Waals surface area contributed by atoms with E-state index in [0.29, 0.717) is 11.3 Å². The van der Waals surface area contributed by atoms with Gasteiger partial charge >= 0.3 is 99.2 Å². The Morgan fingerprint density at radius 1 is 0.814 bits per heavy atom. The van der Waals surface area contributed by atoms with Crippen molar-refractivity contribution in [1.29, 1.82) is 0 Å². The summed E-state index contributed by atoms with van der Waals surface area (Å²) in [5.41, 5.74) is 12.6. The van der Waals surface area contributed by atoms with E-state index in [1.807, 2.05) is 0 Å². The summed E-state index contributed by atoms with van der Waals surface area (Å²) in [4.78, 5) is 0. The van der Waals surface area contributed by atoms with Crippen molar-refractivity contribution in [3.8, 4) is 11.1 Å². The van der Waals surface area contributed by atoms with E-state index in [0.717, 1.165) is 6.42 Å². The van der Waals surface area contributed by atoms with E-state index in [2.05, 4.69) is 157 Å². The van der Waals surface area contributed by atoms with Crippen LogP contribution in [0.15, 0.2) is 109 Å². The number of hydrogen-bond acceptors (Lipinski definition) is 0. The number of hydrogen-bond donors (Lipinski definition) is 0. The first-order chi connectivity index (χ1) is 19.7. The molecule has 0 aliphatic heterocycles. The molecule has 43 heavy (non-hydrogen) atoms. The standard InChI is InChI=1S/C15H13.C13H10.C12H19.2ClH.Zr/c1-10-3-5-14-12(7-10)9-13-8-11(2)4-6-15(13)14;1-3-7-12(8-4-1)11-13-9-5-2-6-10-13;1-5-6-10-7-8-11(9-10)12(2,3)4;;;/h3-7H,9H2,1-2H3;1-10H;8-10H,5-6H2,1-4H3;2*1H;/q-1;;-1;;;+2/p-2. The summed E-state index contributed by atoms with van der Waals surface area (Å²) < 4.78 is 1.42. The molecule has 1 atom stereocenters. The fourth-order valence-corrected chi connectivity index (χ4v) is 6.02. The van der Waals surface area contributed by atoms with Crippen LogP contribution in [0, 0.1) is 37.3 Å². The second kappa shape index (κ2) is 17.3. The zero-order valence-electron chi connectivity index (χ0n) is 26.3. The third-order valence-electron chi connectivity index (χ3n) is 7.52. The molecule has 0 spiro atoms. The number of rotatable bonds is 4. The maximum atomic E-state index is 3.45. The van der Waals surface area contributed by atoms with Gasteiger partial charge in [0.05, 0.1) is 0 Å². The Balaban J connectivity index is 0.000000222. The van der Waals surface area contributed by atoms with Crippen LogP contribution in [0.5, 0.6) is 0 Å². The van der Waals surface area contributed by atoms with Crippen molar-refractivity contribution >= 4 is 3.21 Å². The summed E-state index contributed by atoms with van der Waals surface area (Å²) in [6.07, 6.45) is 11.5. The molecule has 3 heteroatoms. The zero-order valence-corrected chi connectivity index (χ0v) is 30.2. The average Bonchev–Trinajstić information content (AvgIpc) is 3.58. The van der Waals surface area contributed by atoms with Crippen LogP contribution in [0.25, 0.3) is 11.1 Å². The number of halogens is 2. The molecule has 0 saturated carbocycles. The van der Waals surface area contributed by atoms with Crippen LogP contribution in [0.1, 0.15) is 73.9 Å². The van der Waals surface area contributed by atoms with Crippen molar-refractivity contribution < 1.29 is 49.0 Å². The second-order valence-corrected chi connectivity index (χ2v) is 13.3. The van der Waals surface area contributed by atoms with E-state index in [-0.39, 0.29) is 24.8 Å². The SMILES string of the molecule is CCCC1[C-]=CC(C(C)(C)C)=C1.Cc1[c-]c2c(cc1)-c1ccc(C)cc1C2.[Cl-].[Cl-].[Zr+2]=[C](c1ccccc1)c1ccccc1. The van der Waals surface area contributed by atoms with Gasteiger partial charge in [-0.3, -0.25) is 6.08 Å². The third kappa shape index (κ3) is 10.4. The number of allylic oxidation sites excluding steroid dienone is 4. The third-order valence-corrected chi connectivity index (χ3v) is 8.93. The Kier molecular flexibility index (Phi) is 14.8. The molecule has 0 radical (unpaired) electrons. The van der Waals surface area contributed by atoms with Crippen LogP contribution < -0.4 is 24.8 Å². The van der Waals surface area contributed by atoms with Gasteiger partial charge in [0.15, 0.2) is 0 Å². The van der Waals surface area contributed by atoms with E-state index in [9.17, 15) is 0 Å². The van der Waals surface area contributed by atoms with Gasteiger partial charge in [0.25, 0.3) is 0 Å². The van der Waals surface area contributed by atoms with Gasteiger partial charge in [0.2, 0.25) is 0 Å². The minimum absolute atomic E-state index is 0. The van der Waals surface area contributed by atoms with Crippen LogP contribution in [0.3, 0.4) is 0 Å². The van der Waals surface area contributed by atoms with E-state index in [4.69, 9.17) is 0 Å². The average molecular weight is 685 g/mol. The Labute approximate surface area is 287 Å². The number of fused-ring (bicyclic) bond motifs is 3. The second-order valence-electron chi connectivity index (χ2n) is 12.1. The molecule has 0 heterocycles. The monoisotopic (exact) mass is 682 g/mol. The first kappa shape index (κ1) is 36.9. The summed E-state index contributed by atoms with van der Waals surface area (Å²) in [5.74, 6) is 0.587. The Morgan fingerprint density at radius 2 is 1.40 bits per heavy atom. The molecule has 2 aliphatic carbocycles. The van der Waals surface area contributed by atoms with Crippen molar-refractivity contribution in [3.63, 3.8) is 0 Å². The van der Waals surface area contributed by atoms with E-state index >= 15 is 0 Å². The number of benzene rings is 4. The molecule has 6 rings (SSSR count). The van der Waals surface area contributed by atoms with Crippen LogP contribution in [-0.4, -0.2) is 3.21 Å². The molecule has 0 aromatic heterocycles. The fourth-order valence-electron chi connectivity index (χ4n) is 5.20. The summed E-state index contributed by atoms with van der Waals surface area (Å²) >= 11 is 1.46. The van der Waals surface area contributed by atoms with Crippen molar-refractivity contribution in [2.75, 3.05) is 0 Å². The Morgan fingerprint density at radius 3 is 1.93 bits per heavy atom. The predicted molar refractivity (Wildman–Crippen MR) is 173 cm³/mol. The molecule has 0 amide bonds. The summed E-state index contributed by atoms with van der Waals surface area (Å²) in [5, 5.41) is 0. The Hall–Kier alpha value is -2.31. The molecule has 4 aromatic carbocycles. The Bertz CT molecular complexity index is 1440. The van der Waals surface area contributed by atoms with Gasteiger partial charge in [0.1, 0.15) is 0 Å². The molecule has 0 nitrogen and oxygen atoms in total. The topological polar surface area (TPSA) is 0 Å². The van der Waals surface area contributed by atoms with Crippen LogP contribution in [0.4, 0.5) is 0 Å². The minimum atomic E-state index is 0. The van der Waals surface area contributed by atoms with Crippen LogP contribution >= 0.6 is 0 Å². The van der Waals surface area contributed by atoms with Gasteiger partial charge in [-0.15, -0.1) is 11.1 Å². The maximum absolute atomic E-state index is 3.45. The summed E-state index contributed by atoms with van der Waals surface area (Å²) in [6, 6.07) is 35.6. The van der Waals surface area contributed by atoms with E-state index in [1.165, 1.54) is 90.4 Å². The molecule has 222 valence electrons. The number of aryl methyl sites for hydroxylation is 2.